The molecule has 0 atom stereocenters. The van der Waals surface area contributed by atoms with Crippen molar-refractivity contribution in [2.45, 2.75) is 6.92 Å². The Bertz CT molecular complexity index is 1140. The first-order valence-electron chi connectivity index (χ1n) is 8.49. The van der Waals surface area contributed by atoms with Crippen LogP contribution < -0.4 is 5.32 Å². The second-order valence-corrected chi connectivity index (χ2v) is 6.25. The maximum atomic E-state index is 14.2. The maximum Gasteiger partial charge on any atom is 0.256 e. The average Bonchev–Trinajstić information content (AvgIpc) is 2.70. The highest BCUT2D eigenvalue weighted by atomic mass is 19.1. The number of amides is 1. The lowest BCUT2D eigenvalue weighted by atomic mass is 10.0. The van der Waals surface area contributed by atoms with Gasteiger partial charge in [0.2, 0.25) is 0 Å². The van der Waals surface area contributed by atoms with Crippen molar-refractivity contribution in [1.29, 1.82) is 0 Å². The van der Waals surface area contributed by atoms with E-state index in [4.69, 9.17) is 0 Å². The van der Waals surface area contributed by atoms with Gasteiger partial charge in [0.05, 0.1) is 22.5 Å². The first-order valence-corrected chi connectivity index (χ1v) is 8.49. The summed E-state index contributed by atoms with van der Waals surface area (Å²) >= 11 is 0. The Morgan fingerprint density at radius 1 is 1.00 bits per heavy atom. The summed E-state index contributed by atoms with van der Waals surface area (Å²) in [6.45, 7) is 1.80. The summed E-state index contributed by atoms with van der Waals surface area (Å²) in [5.41, 5.74) is 3.59. The predicted molar refractivity (Wildman–Crippen MR) is 104 cm³/mol. The van der Waals surface area contributed by atoms with Crippen LogP contribution in [0.1, 0.15) is 15.9 Å². The minimum atomic E-state index is -0.462. The molecule has 0 aliphatic carbocycles. The number of nitrogens with zero attached hydrogens (tertiary/aromatic N) is 2. The number of carbonyl (C=O) groups is 1. The molecule has 0 saturated heterocycles. The molecule has 1 N–H and O–H groups in total. The third-order valence-electron chi connectivity index (χ3n) is 4.31. The Balaban J connectivity index is 1.81. The number of hydrogen-bond acceptors (Lipinski definition) is 3. The summed E-state index contributed by atoms with van der Waals surface area (Å²) in [5, 5.41) is 3.38. The number of nitrogens with one attached hydrogen (secondary N) is 1. The number of anilines is 1. The summed E-state index contributed by atoms with van der Waals surface area (Å²) in [6.07, 6.45) is 3.35. The van der Waals surface area contributed by atoms with Crippen molar-refractivity contribution in [2.24, 2.45) is 0 Å². The molecule has 4 rings (SSSR count). The average molecular weight is 357 g/mol. The van der Waals surface area contributed by atoms with Crippen LogP contribution in [-0.2, 0) is 0 Å². The lowest BCUT2D eigenvalue weighted by molar-refractivity contribution is 0.102. The molecule has 0 saturated carbocycles. The molecule has 0 unspecified atom stereocenters. The third-order valence-corrected chi connectivity index (χ3v) is 4.31. The molecular weight excluding hydrogens is 341 g/mol. The van der Waals surface area contributed by atoms with E-state index >= 15 is 0 Å². The Hall–Kier alpha value is -3.60. The lowest BCUT2D eigenvalue weighted by Crippen LogP contribution is -2.14. The fourth-order valence-electron chi connectivity index (χ4n) is 2.94. The highest BCUT2D eigenvalue weighted by Gasteiger charge is 2.15. The topological polar surface area (TPSA) is 54.9 Å². The SMILES string of the molecule is Cc1ccc(NC(=O)c2cc(-c3ccncc3)nc3ccccc23)c(F)c1. The van der Waals surface area contributed by atoms with Gasteiger partial charge in [-0.1, -0.05) is 24.3 Å². The third kappa shape index (κ3) is 3.40. The first kappa shape index (κ1) is 16.8. The van der Waals surface area contributed by atoms with Gasteiger partial charge in [0.25, 0.3) is 5.91 Å². The van der Waals surface area contributed by atoms with Crippen LogP contribution in [0.5, 0.6) is 0 Å². The first-order chi connectivity index (χ1) is 13.1. The Morgan fingerprint density at radius 2 is 1.78 bits per heavy atom. The van der Waals surface area contributed by atoms with Crippen molar-refractivity contribution in [1.82, 2.24) is 9.97 Å². The molecule has 2 aromatic heterocycles. The molecular formula is C22H16FN3O. The predicted octanol–water partition coefficient (Wildman–Crippen LogP) is 5.00. The van der Waals surface area contributed by atoms with Crippen LogP contribution in [0, 0.1) is 12.7 Å². The molecule has 0 fully saturated rings. The van der Waals surface area contributed by atoms with Gasteiger partial charge in [-0.05, 0) is 48.9 Å². The second kappa shape index (κ2) is 6.96. The smallest absolute Gasteiger partial charge is 0.256 e. The van der Waals surface area contributed by atoms with Gasteiger partial charge in [-0.25, -0.2) is 9.37 Å². The van der Waals surface area contributed by atoms with E-state index in [1.165, 1.54) is 6.07 Å². The molecule has 2 aromatic carbocycles. The van der Waals surface area contributed by atoms with E-state index in [-0.39, 0.29) is 11.6 Å². The van der Waals surface area contributed by atoms with Gasteiger partial charge in [-0.15, -0.1) is 0 Å². The van der Waals surface area contributed by atoms with Gasteiger partial charge < -0.3 is 5.32 Å². The molecule has 0 aliphatic heterocycles. The molecule has 5 heteroatoms. The van der Waals surface area contributed by atoms with E-state index in [2.05, 4.69) is 15.3 Å². The van der Waals surface area contributed by atoms with Crippen molar-refractivity contribution < 1.29 is 9.18 Å². The highest BCUT2D eigenvalue weighted by Crippen LogP contribution is 2.26. The molecule has 27 heavy (non-hydrogen) atoms. The van der Waals surface area contributed by atoms with E-state index < -0.39 is 5.82 Å². The number of fused-ring (bicyclic) bond motifs is 1. The Morgan fingerprint density at radius 3 is 2.56 bits per heavy atom. The summed E-state index contributed by atoms with van der Waals surface area (Å²) in [4.78, 5) is 21.6. The van der Waals surface area contributed by atoms with Gasteiger partial charge in [-0.2, -0.15) is 0 Å². The van der Waals surface area contributed by atoms with Crippen LogP contribution in [0.25, 0.3) is 22.2 Å². The molecule has 1 amide bonds. The number of hydrogen-bond donors (Lipinski definition) is 1. The van der Waals surface area contributed by atoms with Crippen molar-refractivity contribution in [3.8, 4) is 11.3 Å². The van der Waals surface area contributed by atoms with Crippen LogP contribution in [0.4, 0.5) is 10.1 Å². The van der Waals surface area contributed by atoms with Gasteiger partial charge in [0, 0.05) is 23.3 Å². The van der Waals surface area contributed by atoms with E-state index in [0.29, 0.717) is 22.2 Å². The van der Waals surface area contributed by atoms with Crippen LogP contribution >= 0.6 is 0 Å². The van der Waals surface area contributed by atoms with Crippen molar-refractivity contribution >= 4 is 22.5 Å². The molecule has 0 spiro atoms. The van der Waals surface area contributed by atoms with Gasteiger partial charge in [-0.3, -0.25) is 9.78 Å². The summed E-state index contributed by atoms with van der Waals surface area (Å²) in [6, 6.07) is 17.5. The quantitative estimate of drug-likeness (QED) is 0.561. The Kier molecular flexibility index (Phi) is 4.34. The molecule has 4 aromatic rings. The zero-order chi connectivity index (χ0) is 18.8. The van der Waals surface area contributed by atoms with Crippen LogP contribution in [-0.4, -0.2) is 15.9 Å². The fourth-order valence-corrected chi connectivity index (χ4v) is 2.94. The standard InChI is InChI=1S/C22H16FN3O/c1-14-6-7-20(18(23)12-14)26-22(27)17-13-21(15-8-10-24-11-9-15)25-19-5-3-2-4-16(17)19/h2-13H,1H3,(H,26,27). The molecule has 0 bridgehead atoms. The fraction of sp³-hybridized carbons (Fsp3) is 0.0455. The number of pyridine rings is 2. The van der Waals surface area contributed by atoms with Crippen LogP contribution in [0.3, 0.4) is 0 Å². The van der Waals surface area contributed by atoms with E-state index in [0.717, 1.165) is 11.1 Å². The zero-order valence-corrected chi connectivity index (χ0v) is 14.6. The normalized spacial score (nSPS) is 10.7. The number of aromatic nitrogens is 2. The van der Waals surface area contributed by atoms with Gasteiger partial charge in [0.15, 0.2) is 0 Å². The molecule has 4 nitrogen and oxygen atoms in total. The van der Waals surface area contributed by atoms with Crippen molar-refractivity contribution in [2.75, 3.05) is 5.32 Å². The number of carbonyl (C=O) groups excluding carboxylic acids is 1. The maximum absolute atomic E-state index is 14.2. The van der Waals surface area contributed by atoms with E-state index in [1.54, 1.807) is 37.5 Å². The van der Waals surface area contributed by atoms with E-state index in [9.17, 15) is 9.18 Å². The number of benzene rings is 2. The monoisotopic (exact) mass is 357 g/mol. The van der Waals surface area contributed by atoms with Gasteiger partial charge in [0.1, 0.15) is 5.82 Å². The molecule has 0 radical (unpaired) electrons. The summed E-state index contributed by atoms with van der Waals surface area (Å²) in [5.74, 6) is -0.845. The van der Waals surface area contributed by atoms with Crippen molar-refractivity contribution in [3.63, 3.8) is 0 Å². The summed E-state index contributed by atoms with van der Waals surface area (Å²) < 4.78 is 14.2. The largest absolute Gasteiger partial charge is 0.319 e. The molecule has 0 aliphatic rings. The summed E-state index contributed by atoms with van der Waals surface area (Å²) in [7, 11) is 0. The zero-order valence-electron chi connectivity index (χ0n) is 14.6. The minimum Gasteiger partial charge on any atom is -0.319 e. The van der Waals surface area contributed by atoms with Crippen LogP contribution in [0.2, 0.25) is 0 Å². The van der Waals surface area contributed by atoms with Gasteiger partial charge >= 0.3 is 0 Å². The Labute approximate surface area is 155 Å². The minimum absolute atomic E-state index is 0.150. The molecule has 132 valence electrons. The number of aryl methyl sites for hydroxylation is 1. The highest BCUT2D eigenvalue weighted by molar-refractivity contribution is 6.13. The molecule has 2 heterocycles. The number of halogens is 1. The van der Waals surface area contributed by atoms with E-state index in [1.807, 2.05) is 36.4 Å². The number of para-hydroxylation sites is 1. The second-order valence-electron chi connectivity index (χ2n) is 6.25. The van der Waals surface area contributed by atoms with Crippen molar-refractivity contribution in [3.05, 3.63) is 90.0 Å². The lowest BCUT2D eigenvalue weighted by Gasteiger charge is -2.11. The van der Waals surface area contributed by atoms with Crippen LogP contribution in [0.15, 0.2) is 73.1 Å². The number of rotatable bonds is 3.